The van der Waals surface area contributed by atoms with Gasteiger partial charge in [-0.3, -0.25) is 9.69 Å². The molecule has 1 amide bonds. The summed E-state index contributed by atoms with van der Waals surface area (Å²) in [5, 5.41) is 0. The molecule has 0 radical (unpaired) electrons. The Labute approximate surface area is 157 Å². The molecule has 27 heavy (non-hydrogen) atoms. The molecule has 6 rings (SSSR count). The van der Waals surface area contributed by atoms with Gasteiger partial charge in [-0.2, -0.15) is 0 Å². The maximum atomic E-state index is 14.6. The first-order chi connectivity index (χ1) is 13.0. The monoisotopic (exact) mass is 371 g/mol. The van der Waals surface area contributed by atoms with Crippen LogP contribution >= 0.6 is 0 Å². The second-order valence-electron chi connectivity index (χ2n) is 8.15. The Kier molecular flexibility index (Phi) is 3.86. The molecule has 0 spiro atoms. The Balaban J connectivity index is 1.56. The molecule has 2 bridgehead atoms. The van der Waals surface area contributed by atoms with E-state index in [4.69, 9.17) is 0 Å². The molecule has 3 atom stereocenters. The van der Waals surface area contributed by atoms with E-state index in [1.807, 2.05) is 24.1 Å². The summed E-state index contributed by atoms with van der Waals surface area (Å²) < 4.78 is 28.5. The van der Waals surface area contributed by atoms with Crippen LogP contribution in [0.15, 0.2) is 30.5 Å². The standard InChI is InChI=1S/C21H23F2N3O/c1-12-9-17(24-10-12)21(27)26-11-15(14-3-2-4-16(22)18(14)23)20-19(26)13-5-7-25(20)8-6-13/h2-4,9-10,13,15,19-20,24H,5-8,11H2,1H3/t15-,19-,20-/m1/s1. The number of nitrogens with one attached hydrogen (secondary N) is 1. The van der Waals surface area contributed by atoms with Gasteiger partial charge < -0.3 is 9.88 Å². The normalized spacial score (nSPS) is 32.0. The zero-order chi connectivity index (χ0) is 18.7. The molecule has 1 aromatic carbocycles. The lowest BCUT2D eigenvalue weighted by molar-refractivity contribution is -0.00374. The Hall–Kier alpha value is -2.21. The molecule has 1 aromatic heterocycles. The highest BCUT2D eigenvalue weighted by atomic mass is 19.2. The molecule has 5 heterocycles. The number of aromatic amines is 1. The van der Waals surface area contributed by atoms with Crippen LogP contribution in [0.5, 0.6) is 0 Å². The number of halogens is 2. The van der Waals surface area contributed by atoms with Crippen LogP contribution in [-0.2, 0) is 0 Å². The van der Waals surface area contributed by atoms with Gasteiger partial charge in [0.1, 0.15) is 5.69 Å². The minimum Gasteiger partial charge on any atom is -0.357 e. The molecule has 0 aliphatic carbocycles. The number of piperidine rings is 3. The topological polar surface area (TPSA) is 39.3 Å². The minimum absolute atomic E-state index is 0.0360. The van der Waals surface area contributed by atoms with Crippen LogP contribution in [0.3, 0.4) is 0 Å². The molecular weight excluding hydrogens is 348 g/mol. The molecule has 0 saturated carbocycles. The third-order valence-electron chi connectivity index (χ3n) is 6.69. The first-order valence-corrected chi connectivity index (χ1v) is 9.68. The van der Waals surface area contributed by atoms with Gasteiger partial charge in [0, 0.05) is 24.7 Å². The molecule has 1 N–H and O–H groups in total. The van der Waals surface area contributed by atoms with Crippen LogP contribution < -0.4 is 0 Å². The van der Waals surface area contributed by atoms with Crippen molar-refractivity contribution in [1.82, 2.24) is 14.8 Å². The average molecular weight is 371 g/mol. The van der Waals surface area contributed by atoms with Gasteiger partial charge in [-0.15, -0.1) is 0 Å². The van der Waals surface area contributed by atoms with Crippen LogP contribution in [0, 0.1) is 24.5 Å². The maximum Gasteiger partial charge on any atom is 0.270 e. The number of hydrogen-bond donors (Lipinski definition) is 1. The Bertz CT molecular complexity index is 887. The van der Waals surface area contributed by atoms with Gasteiger partial charge in [0.2, 0.25) is 0 Å². The zero-order valence-electron chi connectivity index (χ0n) is 15.3. The van der Waals surface area contributed by atoms with Crippen molar-refractivity contribution >= 4 is 5.91 Å². The molecule has 2 aromatic rings. The van der Waals surface area contributed by atoms with Crippen molar-refractivity contribution in [2.45, 2.75) is 37.8 Å². The fourth-order valence-corrected chi connectivity index (χ4v) is 5.52. The van der Waals surface area contributed by atoms with E-state index in [1.165, 1.54) is 0 Å². The fourth-order valence-electron chi connectivity index (χ4n) is 5.52. The predicted molar refractivity (Wildman–Crippen MR) is 97.5 cm³/mol. The van der Waals surface area contributed by atoms with Gasteiger partial charge in [-0.1, -0.05) is 12.1 Å². The summed E-state index contributed by atoms with van der Waals surface area (Å²) in [6.45, 7) is 4.32. The smallest absolute Gasteiger partial charge is 0.270 e. The molecule has 4 aliphatic rings. The molecule has 4 saturated heterocycles. The number of nitrogens with zero attached hydrogens (tertiary/aromatic N) is 2. The Morgan fingerprint density at radius 1 is 1.19 bits per heavy atom. The number of aryl methyl sites for hydroxylation is 1. The van der Waals surface area contributed by atoms with Crippen LogP contribution in [0.4, 0.5) is 8.78 Å². The first kappa shape index (κ1) is 16.9. The van der Waals surface area contributed by atoms with Gasteiger partial charge in [-0.05, 0) is 62.0 Å². The fraction of sp³-hybridized carbons (Fsp3) is 0.476. The van der Waals surface area contributed by atoms with Crippen molar-refractivity contribution in [1.29, 1.82) is 0 Å². The summed E-state index contributed by atoms with van der Waals surface area (Å²) >= 11 is 0. The van der Waals surface area contributed by atoms with E-state index in [0.29, 0.717) is 23.7 Å². The van der Waals surface area contributed by atoms with E-state index in [2.05, 4.69) is 9.88 Å². The molecule has 4 aliphatic heterocycles. The highest BCUT2D eigenvalue weighted by Crippen LogP contribution is 2.47. The number of aromatic nitrogens is 1. The number of rotatable bonds is 2. The summed E-state index contributed by atoms with van der Waals surface area (Å²) in [4.78, 5) is 20.6. The second-order valence-corrected chi connectivity index (χ2v) is 8.15. The lowest BCUT2D eigenvalue weighted by atomic mass is 9.75. The number of likely N-dealkylation sites (tertiary alicyclic amines) is 1. The lowest BCUT2D eigenvalue weighted by Crippen LogP contribution is -2.60. The zero-order valence-corrected chi connectivity index (χ0v) is 15.3. The summed E-state index contributed by atoms with van der Waals surface area (Å²) in [5.74, 6) is -1.39. The van der Waals surface area contributed by atoms with Gasteiger partial charge in [0.15, 0.2) is 11.6 Å². The molecular formula is C21H23F2N3O. The van der Waals surface area contributed by atoms with Crippen molar-refractivity contribution in [3.8, 4) is 0 Å². The molecule has 4 fully saturated rings. The number of carbonyl (C=O) groups is 1. The number of benzene rings is 1. The van der Waals surface area contributed by atoms with E-state index in [-0.39, 0.29) is 23.9 Å². The predicted octanol–water partition coefficient (Wildman–Crippen LogP) is 3.30. The van der Waals surface area contributed by atoms with E-state index in [1.54, 1.807) is 12.1 Å². The van der Waals surface area contributed by atoms with Gasteiger partial charge in [0.05, 0.1) is 6.04 Å². The van der Waals surface area contributed by atoms with E-state index < -0.39 is 11.6 Å². The highest BCUT2D eigenvalue weighted by Gasteiger charge is 2.55. The van der Waals surface area contributed by atoms with Crippen molar-refractivity contribution in [2.75, 3.05) is 19.6 Å². The van der Waals surface area contributed by atoms with Crippen LogP contribution in [0.2, 0.25) is 0 Å². The van der Waals surface area contributed by atoms with E-state index in [0.717, 1.165) is 37.6 Å². The average Bonchev–Trinajstić information content (AvgIpc) is 3.30. The summed E-state index contributed by atoms with van der Waals surface area (Å²) in [6.07, 6.45) is 3.95. The maximum absolute atomic E-state index is 14.6. The first-order valence-electron chi connectivity index (χ1n) is 9.68. The molecule has 142 valence electrons. The van der Waals surface area contributed by atoms with Gasteiger partial charge in [-0.25, -0.2) is 8.78 Å². The summed E-state index contributed by atoms with van der Waals surface area (Å²) in [6, 6.07) is 6.39. The SMILES string of the molecule is Cc1c[nH]c(C(=O)N2C[C@H](c3cccc(F)c3F)[C@@H]3[C@H]2C2CCN3CC2)c1. The molecule has 4 nitrogen and oxygen atoms in total. The summed E-state index contributed by atoms with van der Waals surface area (Å²) in [5.41, 5.74) is 1.98. The van der Waals surface area contributed by atoms with Crippen molar-refractivity contribution in [3.05, 3.63) is 58.9 Å². The van der Waals surface area contributed by atoms with Gasteiger partial charge >= 0.3 is 0 Å². The van der Waals surface area contributed by atoms with Crippen molar-refractivity contribution in [3.63, 3.8) is 0 Å². The highest BCUT2D eigenvalue weighted by molar-refractivity contribution is 5.93. The number of fused-ring (bicyclic) bond motifs is 2. The van der Waals surface area contributed by atoms with E-state index >= 15 is 0 Å². The quantitative estimate of drug-likeness (QED) is 0.880. The number of H-pyrrole nitrogens is 1. The largest absolute Gasteiger partial charge is 0.357 e. The second kappa shape index (κ2) is 6.16. The van der Waals surface area contributed by atoms with Crippen LogP contribution in [0.1, 0.15) is 40.4 Å². The van der Waals surface area contributed by atoms with Crippen LogP contribution in [0.25, 0.3) is 0 Å². The summed E-state index contributed by atoms with van der Waals surface area (Å²) in [7, 11) is 0. The minimum atomic E-state index is -0.815. The number of carbonyl (C=O) groups excluding carboxylic acids is 1. The molecule has 6 heteroatoms. The number of hydrogen-bond acceptors (Lipinski definition) is 2. The lowest BCUT2D eigenvalue weighted by Gasteiger charge is -2.51. The Morgan fingerprint density at radius 3 is 2.67 bits per heavy atom. The molecule has 0 unspecified atom stereocenters. The number of amides is 1. The van der Waals surface area contributed by atoms with Gasteiger partial charge in [0.25, 0.3) is 5.91 Å². The van der Waals surface area contributed by atoms with E-state index in [9.17, 15) is 13.6 Å². The van der Waals surface area contributed by atoms with Crippen LogP contribution in [-0.4, -0.2) is 52.4 Å². The third kappa shape index (κ3) is 2.53. The Morgan fingerprint density at radius 2 is 1.96 bits per heavy atom. The van der Waals surface area contributed by atoms with Crippen molar-refractivity contribution in [2.24, 2.45) is 5.92 Å². The van der Waals surface area contributed by atoms with Crippen molar-refractivity contribution < 1.29 is 13.6 Å². The third-order valence-corrected chi connectivity index (χ3v) is 6.69.